The number of nitrogens with one attached hydrogen (secondary N) is 1. The molecule has 0 atom stereocenters. The van der Waals surface area contributed by atoms with Crippen LogP contribution >= 0.6 is 11.6 Å². The SMILES string of the molecule is CCNC(=NCCCn1cnc2ccccc21)N(C)Cc1cc(Cl)cn1C. The fraction of sp³-hybridized carbons (Fsp3) is 0.400. The molecule has 3 rings (SSSR count). The fourth-order valence-electron chi connectivity index (χ4n) is 3.13. The third-order valence-electron chi connectivity index (χ3n) is 4.52. The maximum Gasteiger partial charge on any atom is 0.194 e. The molecule has 0 bridgehead atoms. The van der Waals surface area contributed by atoms with Gasteiger partial charge in [0.25, 0.3) is 0 Å². The monoisotopic (exact) mass is 386 g/mol. The van der Waals surface area contributed by atoms with Crippen LogP contribution in [0.3, 0.4) is 0 Å². The van der Waals surface area contributed by atoms with E-state index >= 15 is 0 Å². The number of halogens is 1. The summed E-state index contributed by atoms with van der Waals surface area (Å²) in [6, 6.07) is 10.2. The van der Waals surface area contributed by atoms with Crippen LogP contribution in [0, 0.1) is 0 Å². The second kappa shape index (κ2) is 8.95. The molecule has 2 aromatic heterocycles. The van der Waals surface area contributed by atoms with E-state index in [0.717, 1.165) is 54.8 Å². The minimum Gasteiger partial charge on any atom is -0.357 e. The number of hydrogen-bond donors (Lipinski definition) is 1. The van der Waals surface area contributed by atoms with Gasteiger partial charge in [0.2, 0.25) is 0 Å². The zero-order chi connectivity index (χ0) is 19.2. The van der Waals surface area contributed by atoms with E-state index in [1.807, 2.05) is 55.5 Å². The van der Waals surface area contributed by atoms with Crippen molar-refractivity contribution < 1.29 is 0 Å². The van der Waals surface area contributed by atoms with E-state index in [9.17, 15) is 0 Å². The van der Waals surface area contributed by atoms with Crippen LogP contribution in [-0.4, -0.2) is 45.1 Å². The molecule has 2 heterocycles. The number of fused-ring (bicyclic) bond motifs is 1. The summed E-state index contributed by atoms with van der Waals surface area (Å²) in [6.45, 7) is 5.33. The minimum absolute atomic E-state index is 0.751. The number of imidazole rings is 1. The van der Waals surface area contributed by atoms with Gasteiger partial charge >= 0.3 is 0 Å². The Labute approximate surface area is 165 Å². The van der Waals surface area contributed by atoms with Crippen molar-refractivity contribution in [3.63, 3.8) is 0 Å². The molecule has 0 amide bonds. The van der Waals surface area contributed by atoms with E-state index in [1.54, 1.807) is 0 Å². The largest absolute Gasteiger partial charge is 0.357 e. The van der Waals surface area contributed by atoms with Crippen molar-refractivity contribution in [1.82, 2.24) is 24.3 Å². The van der Waals surface area contributed by atoms with Crippen molar-refractivity contribution in [2.45, 2.75) is 26.4 Å². The van der Waals surface area contributed by atoms with Crippen molar-refractivity contribution in [3.05, 3.63) is 53.6 Å². The lowest BCUT2D eigenvalue weighted by Crippen LogP contribution is -2.38. The van der Waals surface area contributed by atoms with Crippen LogP contribution in [0.25, 0.3) is 11.0 Å². The van der Waals surface area contributed by atoms with Crippen LogP contribution in [0.4, 0.5) is 0 Å². The number of hydrogen-bond acceptors (Lipinski definition) is 2. The molecular weight excluding hydrogens is 360 g/mol. The molecule has 0 saturated heterocycles. The van der Waals surface area contributed by atoms with E-state index in [1.165, 1.54) is 5.52 Å². The molecule has 6 nitrogen and oxygen atoms in total. The predicted molar refractivity (Wildman–Crippen MR) is 112 cm³/mol. The van der Waals surface area contributed by atoms with E-state index in [-0.39, 0.29) is 0 Å². The van der Waals surface area contributed by atoms with E-state index < -0.39 is 0 Å². The fourth-order valence-corrected chi connectivity index (χ4v) is 3.40. The molecule has 0 aliphatic carbocycles. The van der Waals surface area contributed by atoms with Crippen molar-refractivity contribution >= 4 is 28.6 Å². The van der Waals surface area contributed by atoms with Gasteiger partial charge in [0.15, 0.2) is 5.96 Å². The van der Waals surface area contributed by atoms with Crippen LogP contribution in [0.2, 0.25) is 5.02 Å². The van der Waals surface area contributed by atoms with Gasteiger partial charge in [-0.3, -0.25) is 4.99 Å². The molecule has 0 fully saturated rings. The lowest BCUT2D eigenvalue weighted by molar-refractivity contribution is 0.461. The third kappa shape index (κ3) is 4.83. The first-order valence-electron chi connectivity index (χ1n) is 9.28. The molecule has 7 heteroatoms. The Morgan fingerprint density at radius 3 is 2.89 bits per heavy atom. The highest BCUT2D eigenvalue weighted by Gasteiger charge is 2.09. The van der Waals surface area contributed by atoms with Crippen LogP contribution in [-0.2, 0) is 20.1 Å². The van der Waals surface area contributed by atoms with Gasteiger partial charge in [0, 0.05) is 45.6 Å². The van der Waals surface area contributed by atoms with Gasteiger partial charge in [0.1, 0.15) is 0 Å². The second-order valence-corrected chi connectivity index (χ2v) is 7.07. The Balaban J connectivity index is 1.59. The van der Waals surface area contributed by atoms with E-state index in [2.05, 4.69) is 32.8 Å². The number of aliphatic imine (C=N–C) groups is 1. The van der Waals surface area contributed by atoms with Crippen molar-refractivity contribution in [2.24, 2.45) is 12.0 Å². The van der Waals surface area contributed by atoms with Crippen molar-refractivity contribution in [1.29, 1.82) is 0 Å². The molecule has 0 radical (unpaired) electrons. The second-order valence-electron chi connectivity index (χ2n) is 6.63. The summed E-state index contributed by atoms with van der Waals surface area (Å²) in [5, 5.41) is 4.13. The highest BCUT2D eigenvalue weighted by molar-refractivity contribution is 6.30. The molecule has 0 unspecified atom stereocenters. The minimum atomic E-state index is 0.751. The van der Waals surface area contributed by atoms with Gasteiger partial charge in [-0.15, -0.1) is 0 Å². The molecular formula is C20H27ClN6. The first kappa shape index (κ1) is 19.3. The van der Waals surface area contributed by atoms with Gasteiger partial charge in [-0.2, -0.15) is 0 Å². The predicted octanol–water partition coefficient (Wildman–Crippen LogP) is 3.52. The summed E-state index contributed by atoms with van der Waals surface area (Å²) in [7, 11) is 4.06. The number of rotatable bonds is 7. The van der Waals surface area contributed by atoms with E-state index in [4.69, 9.17) is 16.6 Å². The first-order chi connectivity index (χ1) is 13.1. The maximum absolute atomic E-state index is 6.09. The molecule has 0 aliphatic rings. The lowest BCUT2D eigenvalue weighted by atomic mass is 10.3. The van der Waals surface area contributed by atoms with Gasteiger partial charge in [-0.1, -0.05) is 23.7 Å². The Bertz CT molecular complexity index is 910. The molecule has 0 aliphatic heterocycles. The molecule has 144 valence electrons. The topological polar surface area (TPSA) is 50.4 Å². The van der Waals surface area contributed by atoms with Crippen LogP contribution in [0.1, 0.15) is 19.0 Å². The molecule has 0 saturated carbocycles. The number of para-hydroxylation sites is 2. The number of nitrogens with zero attached hydrogens (tertiary/aromatic N) is 5. The average Bonchev–Trinajstić information content (AvgIpc) is 3.20. The number of guanidine groups is 1. The van der Waals surface area contributed by atoms with Gasteiger partial charge in [0.05, 0.1) is 28.9 Å². The normalized spacial score (nSPS) is 11.9. The summed E-state index contributed by atoms with van der Waals surface area (Å²) in [4.78, 5) is 11.3. The highest BCUT2D eigenvalue weighted by atomic mass is 35.5. The smallest absolute Gasteiger partial charge is 0.194 e. The van der Waals surface area contributed by atoms with Crippen molar-refractivity contribution in [2.75, 3.05) is 20.1 Å². The summed E-state index contributed by atoms with van der Waals surface area (Å²) < 4.78 is 4.24. The zero-order valence-corrected chi connectivity index (χ0v) is 16.9. The van der Waals surface area contributed by atoms with Crippen LogP contribution in [0.15, 0.2) is 47.8 Å². The zero-order valence-electron chi connectivity index (χ0n) is 16.2. The quantitative estimate of drug-likeness (QED) is 0.384. The third-order valence-corrected chi connectivity index (χ3v) is 4.72. The standard InChI is InChI=1S/C20H27ClN6/c1-4-22-20(26(3)14-17-12-16(21)13-25(17)2)23-10-7-11-27-15-24-18-8-5-6-9-19(18)27/h5-6,8-9,12-13,15H,4,7,10-11,14H2,1-3H3,(H,22,23). The van der Waals surface area contributed by atoms with Gasteiger partial charge in [-0.25, -0.2) is 4.98 Å². The Morgan fingerprint density at radius 2 is 2.15 bits per heavy atom. The Kier molecular flexibility index (Phi) is 6.40. The average molecular weight is 387 g/mol. The lowest BCUT2D eigenvalue weighted by Gasteiger charge is -2.22. The summed E-state index contributed by atoms with van der Waals surface area (Å²) in [6.07, 6.45) is 4.79. The molecule has 3 aromatic rings. The van der Waals surface area contributed by atoms with Gasteiger partial charge < -0.3 is 19.4 Å². The summed E-state index contributed by atoms with van der Waals surface area (Å²) in [5.41, 5.74) is 3.36. The van der Waals surface area contributed by atoms with Gasteiger partial charge in [-0.05, 0) is 31.5 Å². The maximum atomic E-state index is 6.09. The van der Waals surface area contributed by atoms with E-state index in [0.29, 0.717) is 0 Å². The Hall–Kier alpha value is -2.47. The van der Waals surface area contributed by atoms with Crippen molar-refractivity contribution in [3.8, 4) is 0 Å². The molecule has 1 aromatic carbocycles. The highest BCUT2D eigenvalue weighted by Crippen LogP contribution is 2.14. The Morgan fingerprint density at radius 1 is 1.33 bits per heavy atom. The number of aryl methyl sites for hydroxylation is 2. The molecule has 0 spiro atoms. The number of aromatic nitrogens is 3. The molecule has 27 heavy (non-hydrogen) atoms. The molecule has 1 N–H and O–H groups in total. The van der Waals surface area contributed by atoms with Crippen LogP contribution < -0.4 is 5.32 Å². The summed E-state index contributed by atoms with van der Waals surface area (Å²) in [5.74, 6) is 0.908. The first-order valence-corrected chi connectivity index (χ1v) is 9.66. The number of benzene rings is 1. The summed E-state index contributed by atoms with van der Waals surface area (Å²) >= 11 is 6.09. The van der Waals surface area contributed by atoms with Crippen LogP contribution in [0.5, 0.6) is 0 Å².